The van der Waals surface area contributed by atoms with E-state index in [4.69, 9.17) is 19.4 Å². The Labute approximate surface area is 253 Å². The summed E-state index contributed by atoms with van der Waals surface area (Å²) in [6, 6.07) is 18.5. The number of carbonyl (C=O) groups excluding carboxylic acids is 1. The van der Waals surface area contributed by atoms with Gasteiger partial charge in [0.1, 0.15) is 18.0 Å². The van der Waals surface area contributed by atoms with Gasteiger partial charge in [0.05, 0.1) is 30.3 Å². The number of nitriles is 1. The van der Waals surface area contributed by atoms with E-state index < -0.39 is 11.1 Å². The second-order valence-corrected chi connectivity index (χ2v) is 12.9. The number of piperazine rings is 1. The average Bonchev–Trinajstić information content (AvgIpc) is 3.79. The van der Waals surface area contributed by atoms with Gasteiger partial charge in [-0.15, -0.1) is 0 Å². The van der Waals surface area contributed by atoms with Crippen molar-refractivity contribution in [2.24, 2.45) is 0 Å². The van der Waals surface area contributed by atoms with E-state index in [1.54, 1.807) is 11.9 Å². The standard InChI is InChI=1S/C33H40N7O3/c1-32(2,3)43-31(41)38(4)33(14-15-33)22-42-30-36-27-21-39(28-11-7-9-23-8-5-6-10-25(23)28)18-13-26(27)29(37-30)40-19-17-35-24(20-40)12-16-34/h5-6,8-11,24,35H,12-15,17-22H2,1-4H3/t24-/m0/s1. The van der Waals surface area contributed by atoms with Gasteiger partial charge in [-0.2, -0.15) is 15.2 Å². The minimum absolute atomic E-state index is 0.0808. The van der Waals surface area contributed by atoms with Crippen molar-refractivity contribution in [3.05, 3.63) is 53.7 Å². The Balaban J connectivity index is 1.29. The highest BCUT2D eigenvalue weighted by molar-refractivity contribution is 5.94. The highest BCUT2D eigenvalue weighted by Crippen LogP contribution is 2.42. The SMILES string of the molecule is CN(C(=O)OC(C)(C)C)C1(COc2nc3c(c(N4CCN[C@@H](CC#N)C4)n2)CCN(c2c[c]cc4ccccc24)C3)CC1. The number of amides is 1. The van der Waals surface area contributed by atoms with Crippen LogP contribution in [0.1, 0.15) is 51.3 Å². The largest absolute Gasteiger partial charge is 0.461 e. The highest BCUT2D eigenvalue weighted by atomic mass is 16.6. The average molecular weight is 583 g/mol. The number of ether oxygens (including phenoxy) is 2. The molecule has 2 aliphatic heterocycles. The number of benzene rings is 2. The molecule has 1 aliphatic carbocycles. The van der Waals surface area contributed by atoms with E-state index in [1.165, 1.54) is 5.39 Å². The summed E-state index contributed by atoms with van der Waals surface area (Å²) < 4.78 is 11.9. The molecule has 1 atom stereocenters. The highest BCUT2D eigenvalue weighted by Gasteiger charge is 2.51. The fourth-order valence-corrected chi connectivity index (χ4v) is 6.03. The third-order valence-electron chi connectivity index (χ3n) is 8.63. The van der Waals surface area contributed by atoms with Crippen molar-refractivity contribution in [1.29, 1.82) is 5.26 Å². The van der Waals surface area contributed by atoms with Crippen molar-refractivity contribution in [2.45, 2.75) is 70.2 Å². The number of fused-ring (bicyclic) bond motifs is 2. The van der Waals surface area contributed by atoms with Crippen LogP contribution in [0.25, 0.3) is 10.8 Å². The van der Waals surface area contributed by atoms with Gasteiger partial charge in [0.15, 0.2) is 0 Å². The molecule has 6 rings (SSSR count). The normalized spacial score (nSPS) is 19.4. The monoisotopic (exact) mass is 582 g/mol. The van der Waals surface area contributed by atoms with E-state index in [9.17, 15) is 10.1 Å². The van der Waals surface area contributed by atoms with Crippen molar-refractivity contribution in [2.75, 3.05) is 49.6 Å². The van der Waals surface area contributed by atoms with Crippen LogP contribution in [0.5, 0.6) is 6.01 Å². The number of nitrogens with one attached hydrogen (secondary N) is 1. The molecule has 1 radical (unpaired) electrons. The maximum Gasteiger partial charge on any atom is 0.410 e. The molecule has 225 valence electrons. The Hall–Kier alpha value is -4.10. The van der Waals surface area contributed by atoms with Gasteiger partial charge in [0.2, 0.25) is 0 Å². The first-order valence-electron chi connectivity index (χ1n) is 15.1. The number of nitrogens with zero attached hydrogens (tertiary/aromatic N) is 6. The summed E-state index contributed by atoms with van der Waals surface area (Å²) in [4.78, 5) is 29.1. The molecular weight excluding hydrogens is 542 g/mol. The van der Waals surface area contributed by atoms with Crippen molar-refractivity contribution >= 4 is 28.4 Å². The summed E-state index contributed by atoms with van der Waals surface area (Å²) >= 11 is 0. The van der Waals surface area contributed by atoms with Crippen LogP contribution in [0.4, 0.5) is 16.3 Å². The molecule has 3 aliphatic rings. The molecule has 43 heavy (non-hydrogen) atoms. The van der Waals surface area contributed by atoms with Crippen molar-refractivity contribution < 1.29 is 14.3 Å². The van der Waals surface area contributed by atoms with E-state index >= 15 is 0 Å². The molecule has 2 aromatic carbocycles. The summed E-state index contributed by atoms with van der Waals surface area (Å²) in [6.07, 6.45) is 2.55. The van der Waals surface area contributed by atoms with Gasteiger partial charge in [-0.3, -0.25) is 0 Å². The topological polar surface area (TPSA) is 107 Å². The van der Waals surface area contributed by atoms with Crippen molar-refractivity contribution in [1.82, 2.24) is 20.2 Å². The van der Waals surface area contributed by atoms with Gasteiger partial charge in [-0.1, -0.05) is 24.3 Å². The van der Waals surface area contributed by atoms with Crippen LogP contribution in [0, 0.1) is 17.4 Å². The first-order chi connectivity index (χ1) is 20.7. The van der Waals surface area contributed by atoms with Crippen LogP contribution in [-0.4, -0.2) is 78.0 Å². The number of likely N-dealkylation sites (N-methyl/N-ethyl adjacent to an activating group) is 1. The summed E-state index contributed by atoms with van der Waals surface area (Å²) in [6.45, 7) is 9.63. The lowest BCUT2D eigenvalue weighted by molar-refractivity contribution is 0.0134. The zero-order valence-corrected chi connectivity index (χ0v) is 25.5. The fourth-order valence-electron chi connectivity index (χ4n) is 6.03. The van der Waals surface area contributed by atoms with Crippen LogP contribution in [0.2, 0.25) is 0 Å². The lowest BCUT2D eigenvalue weighted by Gasteiger charge is -2.37. The first-order valence-corrected chi connectivity index (χ1v) is 15.1. The van der Waals surface area contributed by atoms with Crippen LogP contribution < -0.4 is 19.9 Å². The van der Waals surface area contributed by atoms with Crippen LogP contribution in [-0.2, 0) is 17.7 Å². The quantitative estimate of drug-likeness (QED) is 0.432. The molecule has 0 unspecified atom stereocenters. The molecule has 3 heterocycles. The summed E-state index contributed by atoms with van der Waals surface area (Å²) in [5, 5.41) is 15.1. The molecule has 1 aromatic heterocycles. The molecule has 1 amide bonds. The lowest BCUT2D eigenvalue weighted by Crippen LogP contribution is -2.51. The number of carbonyl (C=O) groups is 1. The van der Waals surface area contributed by atoms with Crippen LogP contribution >= 0.6 is 0 Å². The number of anilines is 2. The van der Waals surface area contributed by atoms with Crippen molar-refractivity contribution in [3.63, 3.8) is 0 Å². The first kappa shape index (κ1) is 29.0. The smallest absolute Gasteiger partial charge is 0.410 e. The number of rotatable bonds is 7. The minimum Gasteiger partial charge on any atom is -0.461 e. The second kappa shape index (κ2) is 11.5. The van der Waals surface area contributed by atoms with E-state index in [-0.39, 0.29) is 12.1 Å². The Morgan fingerprint density at radius 1 is 1.21 bits per heavy atom. The Kier molecular flexibility index (Phi) is 7.77. The number of hydrogen-bond acceptors (Lipinski definition) is 9. The van der Waals surface area contributed by atoms with Crippen molar-refractivity contribution in [3.8, 4) is 12.1 Å². The third-order valence-corrected chi connectivity index (χ3v) is 8.63. The predicted molar refractivity (Wildman–Crippen MR) is 165 cm³/mol. The molecule has 3 aromatic rings. The molecule has 10 heteroatoms. The maximum absolute atomic E-state index is 12.8. The van der Waals surface area contributed by atoms with Gasteiger partial charge in [0.25, 0.3) is 0 Å². The predicted octanol–water partition coefficient (Wildman–Crippen LogP) is 4.46. The molecule has 1 N–H and O–H groups in total. The van der Waals surface area contributed by atoms with Gasteiger partial charge >= 0.3 is 12.1 Å². The molecule has 0 bridgehead atoms. The molecule has 10 nitrogen and oxygen atoms in total. The Bertz CT molecular complexity index is 1540. The van der Waals surface area contributed by atoms with Gasteiger partial charge < -0.3 is 29.5 Å². The van der Waals surface area contributed by atoms with E-state index in [2.05, 4.69) is 57.6 Å². The summed E-state index contributed by atoms with van der Waals surface area (Å²) in [7, 11) is 1.78. The molecule has 0 spiro atoms. The van der Waals surface area contributed by atoms with E-state index in [1.807, 2.05) is 26.8 Å². The maximum atomic E-state index is 12.8. The summed E-state index contributed by atoms with van der Waals surface area (Å²) in [5.41, 5.74) is 2.22. The van der Waals surface area contributed by atoms with E-state index in [0.717, 1.165) is 67.0 Å². The zero-order chi connectivity index (χ0) is 30.2. The van der Waals surface area contributed by atoms with Gasteiger partial charge in [-0.05, 0) is 63.6 Å². The minimum atomic E-state index is -0.570. The fraction of sp³-hybridized carbons (Fsp3) is 0.515. The van der Waals surface area contributed by atoms with Gasteiger partial charge in [0, 0.05) is 55.9 Å². The van der Waals surface area contributed by atoms with Crippen LogP contribution in [0.15, 0.2) is 36.4 Å². The third kappa shape index (κ3) is 6.18. The molecule has 1 saturated heterocycles. The van der Waals surface area contributed by atoms with Gasteiger partial charge in [-0.25, -0.2) is 4.79 Å². The van der Waals surface area contributed by atoms with Crippen LogP contribution in [0.3, 0.4) is 0 Å². The lowest BCUT2D eigenvalue weighted by atomic mass is 10.0. The second-order valence-electron chi connectivity index (χ2n) is 12.9. The molecular formula is C33H40N7O3. The van der Waals surface area contributed by atoms with E-state index in [0.29, 0.717) is 32.1 Å². The summed E-state index contributed by atoms with van der Waals surface area (Å²) in [5.74, 6) is 0.888. The molecule has 1 saturated carbocycles. The Morgan fingerprint density at radius 3 is 2.79 bits per heavy atom. The Morgan fingerprint density at radius 2 is 2.02 bits per heavy atom. The zero-order valence-electron chi connectivity index (χ0n) is 25.5. The number of aromatic nitrogens is 2. The molecule has 2 fully saturated rings. The number of hydrogen-bond donors (Lipinski definition) is 1.